The van der Waals surface area contributed by atoms with Gasteiger partial charge in [0.15, 0.2) is 0 Å². The van der Waals surface area contributed by atoms with Crippen molar-refractivity contribution in [2.45, 2.75) is 11.9 Å². The third-order valence-corrected chi connectivity index (χ3v) is 6.60. The van der Waals surface area contributed by atoms with Crippen LogP contribution in [0.3, 0.4) is 0 Å². The second-order valence-electron chi connectivity index (χ2n) is 6.48. The molecule has 1 aliphatic rings. The van der Waals surface area contributed by atoms with Crippen LogP contribution in [0.1, 0.15) is 5.69 Å². The molecule has 3 aromatic rings. The van der Waals surface area contributed by atoms with Gasteiger partial charge < -0.3 is 9.64 Å². The molecular weight excluding hydrogens is 411 g/mol. The van der Waals surface area contributed by atoms with E-state index in [4.69, 9.17) is 4.74 Å². The molecular formula is C20H19FN4O2S2. The third kappa shape index (κ3) is 4.80. The Balaban J connectivity index is 1.42. The number of nitrogens with zero attached hydrogens (tertiary/aromatic N) is 4. The van der Waals surface area contributed by atoms with Crippen LogP contribution in [-0.4, -0.2) is 58.0 Å². The first kappa shape index (κ1) is 19.9. The standard InChI is InChI=1S/C20H19FN4O2S2/c1-13-19(29-20(22-13)14-2-4-15(21)5-3-14)16-6-7-17(24-23-16)28-12-18(26)25-8-10-27-11-9-25/h2-7H,8-12H2,1H3. The molecule has 0 bridgehead atoms. The maximum absolute atomic E-state index is 13.1. The zero-order valence-electron chi connectivity index (χ0n) is 15.8. The van der Waals surface area contributed by atoms with Crippen molar-refractivity contribution in [3.8, 4) is 21.1 Å². The Morgan fingerprint density at radius 2 is 1.93 bits per heavy atom. The molecule has 3 heterocycles. The summed E-state index contributed by atoms with van der Waals surface area (Å²) in [7, 11) is 0. The van der Waals surface area contributed by atoms with E-state index in [1.807, 2.05) is 24.0 Å². The van der Waals surface area contributed by atoms with Crippen LogP contribution in [-0.2, 0) is 9.53 Å². The molecule has 1 amide bonds. The van der Waals surface area contributed by atoms with Gasteiger partial charge in [-0.2, -0.15) is 0 Å². The van der Waals surface area contributed by atoms with Gasteiger partial charge in [-0.15, -0.1) is 21.5 Å². The molecule has 6 nitrogen and oxygen atoms in total. The van der Waals surface area contributed by atoms with Crippen molar-refractivity contribution >= 4 is 29.0 Å². The molecule has 9 heteroatoms. The fourth-order valence-electron chi connectivity index (χ4n) is 2.91. The molecule has 1 aliphatic heterocycles. The summed E-state index contributed by atoms with van der Waals surface area (Å²) in [6.07, 6.45) is 0. The summed E-state index contributed by atoms with van der Waals surface area (Å²) in [6, 6.07) is 10.0. The van der Waals surface area contributed by atoms with E-state index in [1.165, 1.54) is 35.2 Å². The molecule has 0 aliphatic carbocycles. The number of carbonyl (C=O) groups excluding carboxylic acids is 1. The van der Waals surface area contributed by atoms with Crippen LogP contribution in [0.25, 0.3) is 21.1 Å². The van der Waals surface area contributed by atoms with Gasteiger partial charge in [-0.05, 0) is 43.3 Å². The van der Waals surface area contributed by atoms with Crippen LogP contribution >= 0.6 is 23.1 Å². The molecule has 4 rings (SSSR count). The number of thioether (sulfide) groups is 1. The molecule has 0 atom stereocenters. The topological polar surface area (TPSA) is 68.2 Å². The molecule has 0 N–H and O–H groups in total. The van der Waals surface area contributed by atoms with E-state index >= 15 is 0 Å². The predicted octanol–water partition coefficient (Wildman–Crippen LogP) is 3.67. The van der Waals surface area contributed by atoms with Gasteiger partial charge in [0, 0.05) is 18.7 Å². The Bertz CT molecular complexity index is 987. The number of halogens is 1. The van der Waals surface area contributed by atoms with Gasteiger partial charge in [-0.3, -0.25) is 4.79 Å². The number of amides is 1. The normalized spacial score (nSPS) is 14.2. The number of aryl methyl sites for hydroxylation is 1. The van der Waals surface area contributed by atoms with Gasteiger partial charge in [-0.1, -0.05) is 11.8 Å². The van der Waals surface area contributed by atoms with Gasteiger partial charge >= 0.3 is 0 Å². The van der Waals surface area contributed by atoms with E-state index < -0.39 is 0 Å². The SMILES string of the molecule is Cc1nc(-c2ccc(F)cc2)sc1-c1ccc(SCC(=O)N2CCOCC2)nn1. The lowest BCUT2D eigenvalue weighted by molar-refractivity contribution is -0.132. The zero-order valence-corrected chi connectivity index (χ0v) is 17.4. The van der Waals surface area contributed by atoms with Gasteiger partial charge in [0.2, 0.25) is 5.91 Å². The highest BCUT2D eigenvalue weighted by molar-refractivity contribution is 7.99. The van der Waals surface area contributed by atoms with Crippen molar-refractivity contribution in [1.82, 2.24) is 20.1 Å². The van der Waals surface area contributed by atoms with E-state index in [1.54, 1.807) is 12.1 Å². The summed E-state index contributed by atoms with van der Waals surface area (Å²) in [6.45, 7) is 4.40. The number of aromatic nitrogens is 3. The summed E-state index contributed by atoms with van der Waals surface area (Å²) >= 11 is 2.88. The number of benzene rings is 1. The van der Waals surface area contributed by atoms with Crippen molar-refractivity contribution in [3.63, 3.8) is 0 Å². The molecule has 1 saturated heterocycles. The van der Waals surface area contributed by atoms with Crippen molar-refractivity contribution in [1.29, 1.82) is 0 Å². The maximum atomic E-state index is 13.1. The van der Waals surface area contributed by atoms with Crippen molar-refractivity contribution < 1.29 is 13.9 Å². The molecule has 0 saturated carbocycles. The minimum absolute atomic E-state index is 0.0893. The monoisotopic (exact) mass is 430 g/mol. The highest BCUT2D eigenvalue weighted by Gasteiger charge is 2.17. The van der Waals surface area contributed by atoms with Crippen molar-refractivity contribution in [2.24, 2.45) is 0 Å². The summed E-state index contributed by atoms with van der Waals surface area (Å²) in [5, 5.41) is 10.1. The highest BCUT2D eigenvalue weighted by Crippen LogP contribution is 2.34. The molecule has 1 fully saturated rings. The number of hydrogen-bond acceptors (Lipinski definition) is 7. The van der Waals surface area contributed by atoms with E-state index in [2.05, 4.69) is 15.2 Å². The van der Waals surface area contributed by atoms with Crippen LogP contribution in [0.5, 0.6) is 0 Å². The van der Waals surface area contributed by atoms with Crippen LogP contribution in [0.4, 0.5) is 4.39 Å². The highest BCUT2D eigenvalue weighted by atomic mass is 32.2. The average molecular weight is 431 g/mol. The van der Waals surface area contributed by atoms with Gasteiger partial charge in [-0.25, -0.2) is 9.37 Å². The van der Waals surface area contributed by atoms with Gasteiger partial charge in [0.25, 0.3) is 0 Å². The Morgan fingerprint density at radius 1 is 1.17 bits per heavy atom. The second-order valence-corrected chi connectivity index (χ2v) is 8.47. The molecule has 0 unspecified atom stereocenters. The lowest BCUT2D eigenvalue weighted by Crippen LogP contribution is -2.41. The number of carbonyl (C=O) groups is 1. The van der Waals surface area contributed by atoms with Gasteiger partial charge in [0.1, 0.15) is 21.5 Å². The molecule has 29 heavy (non-hydrogen) atoms. The quantitative estimate of drug-likeness (QED) is 0.576. The van der Waals surface area contributed by atoms with Crippen molar-refractivity contribution in [3.05, 3.63) is 47.9 Å². The van der Waals surface area contributed by atoms with Gasteiger partial charge in [0.05, 0.1) is 29.5 Å². The number of morpholine rings is 1. The zero-order chi connectivity index (χ0) is 20.2. The first-order chi connectivity index (χ1) is 14.1. The molecule has 0 radical (unpaired) electrons. The van der Waals surface area contributed by atoms with E-state index in [0.29, 0.717) is 37.1 Å². The first-order valence-corrected chi connectivity index (χ1v) is 11.0. The molecule has 1 aromatic carbocycles. The third-order valence-electron chi connectivity index (χ3n) is 4.47. The van der Waals surface area contributed by atoms with E-state index in [9.17, 15) is 9.18 Å². The Kier molecular flexibility index (Phi) is 6.17. The van der Waals surface area contributed by atoms with E-state index in [-0.39, 0.29) is 11.7 Å². The van der Waals surface area contributed by atoms with E-state index in [0.717, 1.165) is 26.8 Å². The number of hydrogen-bond donors (Lipinski definition) is 0. The fraction of sp³-hybridized carbons (Fsp3) is 0.300. The molecule has 150 valence electrons. The fourth-order valence-corrected chi connectivity index (χ4v) is 4.66. The Morgan fingerprint density at radius 3 is 2.62 bits per heavy atom. The number of thiazole rings is 1. The summed E-state index contributed by atoms with van der Waals surface area (Å²) < 4.78 is 18.4. The predicted molar refractivity (Wildman–Crippen MR) is 111 cm³/mol. The minimum atomic E-state index is -0.270. The second kappa shape index (κ2) is 8.98. The Hall–Kier alpha value is -2.36. The average Bonchev–Trinajstić information content (AvgIpc) is 3.15. The largest absolute Gasteiger partial charge is 0.378 e. The number of ether oxygens (including phenoxy) is 1. The summed E-state index contributed by atoms with van der Waals surface area (Å²) in [5.74, 6) is 0.155. The maximum Gasteiger partial charge on any atom is 0.233 e. The number of rotatable bonds is 5. The minimum Gasteiger partial charge on any atom is -0.378 e. The van der Waals surface area contributed by atoms with Crippen LogP contribution in [0, 0.1) is 12.7 Å². The molecule has 2 aromatic heterocycles. The van der Waals surface area contributed by atoms with Crippen LogP contribution in [0.2, 0.25) is 0 Å². The first-order valence-electron chi connectivity index (χ1n) is 9.16. The van der Waals surface area contributed by atoms with Crippen molar-refractivity contribution in [2.75, 3.05) is 32.1 Å². The molecule has 0 spiro atoms. The summed E-state index contributed by atoms with van der Waals surface area (Å²) in [5.41, 5.74) is 2.45. The smallest absolute Gasteiger partial charge is 0.233 e. The lowest BCUT2D eigenvalue weighted by Gasteiger charge is -2.26. The van der Waals surface area contributed by atoms with Crippen LogP contribution in [0.15, 0.2) is 41.4 Å². The summed E-state index contributed by atoms with van der Waals surface area (Å²) in [4.78, 5) is 19.6. The Labute approximate surface area is 176 Å². The van der Waals surface area contributed by atoms with Crippen LogP contribution < -0.4 is 0 Å². The lowest BCUT2D eigenvalue weighted by atomic mass is 10.2.